The normalized spacial score (nSPS) is 17.6. The molecule has 4 aliphatic rings. The number of hydrazine groups is 1. The predicted octanol–water partition coefficient (Wildman–Crippen LogP) is 9.45. The third-order valence-corrected chi connectivity index (χ3v) is 16.1. The van der Waals surface area contributed by atoms with Gasteiger partial charge in [-0.2, -0.15) is 4.31 Å². The highest BCUT2D eigenvalue weighted by atomic mass is 32.2. The largest absolute Gasteiger partial charge is 0.497 e. The SMILES string of the molecule is COc1ccc(CN(Cc2ccc(OC)cc2OC)S(=O)(=O)c2cc(N(NC(=O)c3ccc(CC4CC4)nc3N3CCCC(F)(F)CC3)C(=O)c3ccc(CC4CC4)nc3N3CCCC(F)(F)CC3)ccn2)c(OC)c1. The first-order chi connectivity index (χ1) is 36.5. The molecular formula is C55H64F4N8O8S. The lowest BCUT2D eigenvalue weighted by molar-refractivity contribution is -0.0109. The average Bonchev–Trinajstić information content (AvgIpc) is 4.36. The minimum atomic E-state index is -4.67. The summed E-state index contributed by atoms with van der Waals surface area (Å²) >= 11 is 0. The molecule has 0 spiro atoms. The van der Waals surface area contributed by atoms with Gasteiger partial charge in [0.25, 0.3) is 21.8 Å². The number of aromatic nitrogens is 3. The Bertz CT molecular complexity index is 2980. The lowest BCUT2D eigenvalue weighted by atomic mass is 10.1. The van der Waals surface area contributed by atoms with Crippen LogP contribution in [0.15, 0.2) is 84.0 Å². The van der Waals surface area contributed by atoms with Gasteiger partial charge in [-0.1, -0.05) is 12.1 Å². The first kappa shape index (κ1) is 54.1. The van der Waals surface area contributed by atoms with Gasteiger partial charge in [-0.25, -0.2) is 45.9 Å². The molecule has 21 heteroatoms. The maximum absolute atomic E-state index is 15.6. The van der Waals surface area contributed by atoms with Crippen LogP contribution in [0.1, 0.15) is 107 Å². The Hall–Kier alpha value is -6.74. The number of nitrogens with zero attached hydrogens (tertiary/aromatic N) is 7. The maximum Gasteiger partial charge on any atom is 0.280 e. The summed E-state index contributed by atoms with van der Waals surface area (Å²) in [6.45, 7) is -0.320. The van der Waals surface area contributed by atoms with Gasteiger partial charge in [0.2, 0.25) is 11.8 Å². The molecule has 1 N–H and O–H groups in total. The number of benzene rings is 2. The van der Waals surface area contributed by atoms with E-state index >= 15 is 18.0 Å². The number of carbonyl (C=O) groups excluding carboxylic acids is 2. The molecule has 2 saturated heterocycles. The number of carbonyl (C=O) groups is 2. The van der Waals surface area contributed by atoms with Crippen LogP contribution in [0.3, 0.4) is 0 Å². The Balaban J connectivity index is 1.15. The number of amides is 2. The molecule has 3 aromatic heterocycles. The highest BCUT2D eigenvalue weighted by Gasteiger charge is 2.38. The average molecular weight is 1070 g/mol. The lowest BCUT2D eigenvalue weighted by Crippen LogP contribution is -2.48. The molecule has 2 aliphatic heterocycles. The van der Waals surface area contributed by atoms with Crippen LogP contribution in [-0.4, -0.2) is 106 Å². The van der Waals surface area contributed by atoms with Gasteiger partial charge in [-0.05, 0) is 106 Å². The number of methoxy groups -OCH3 is 4. The van der Waals surface area contributed by atoms with Crippen molar-refractivity contribution in [3.05, 3.63) is 113 Å². The second-order valence-electron chi connectivity index (χ2n) is 20.1. The zero-order chi connectivity index (χ0) is 53.8. The Morgan fingerprint density at radius 1 is 0.645 bits per heavy atom. The summed E-state index contributed by atoms with van der Waals surface area (Å²) in [5.41, 5.74) is 4.86. The van der Waals surface area contributed by atoms with Gasteiger partial charge in [0.1, 0.15) is 34.6 Å². The van der Waals surface area contributed by atoms with Crippen LogP contribution in [0.4, 0.5) is 34.9 Å². The molecule has 0 atom stereocenters. The molecule has 0 bridgehead atoms. The maximum atomic E-state index is 15.6. The van der Waals surface area contributed by atoms with Gasteiger partial charge in [0, 0.05) is 112 Å². The van der Waals surface area contributed by atoms with E-state index in [-0.39, 0.29) is 93.4 Å². The van der Waals surface area contributed by atoms with Crippen molar-refractivity contribution >= 4 is 39.2 Å². The Kier molecular flexibility index (Phi) is 16.3. The molecule has 2 amide bonds. The van der Waals surface area contributed by atoms with Crippen LogP contribution < -0.4 is 39.2 Å². The number of hydrogen-bond donors (Lipinski definition) is 1. The van der Waals surface area contributed by atoms with E-state index in [2.05, 4.69) is 10.4 Å². The highest BCUT2D eigenvalue weighted by molar-refractivity contribution is 7.89. The zero-order valence-corrected chi connectivity index (χ0v) is 44.0. The fourth-order valence-electron chi connectivity index (χ4n) is 9.71. The van der Waals surface area contributed by atoms with Crippen LogP contribution in [-0.2, 0) is 36.0 Å². The minimum Gasteiger partial charge on any atom is -0.497 e. The van der Waals surface area contributed by atoms with Gasteiger partial charge in [0.15, 0.2) is 5.03 Å². The monoisotopic (exact) mass is 1070 g/mol. The number of hydrogen-bond acceptors (Lipinski definition) is 13. The number of alkyl halides is 4. The van der Waals surface area contributed by atoms with E-state index in [0.29, 0.717) is 70.2 Å². The van der Waals surface area contributed by atoms with Crippen molar-refractivity contribution in [1.29, 1.82) is 0 Å². The van der Waals surface area contributed by atoms with Gasteiger partial charge >= 0.3 is 0 Å². The number of rotatable bonds is 19. The molecule has 76 heavy (non-hydrogen) atoms. The van der Waals surface area contributed by atoms with Crippen molar-refractivity contribution in [1.82, 2.24) is 24.7 Å². The molecule has 2 aromatic carbocycles. The van der Waals surface area contributed by atoms with E-state index in [1.807, 2.05) is 0 Å². The van der Waals surface area contributed by atoms with Crippen LogP contribution in [0.2, 0.25) is 0 Å². The van der Waals surface area contributed by atoms with Crippen molar-refractivity contribution in [2.24, 2.45) is 11.8 Å². The molecule has 2 aliphatic carbocycles. The van der Waals surface area contributed by atoms with E-state index in [1.54, 1.807) is 70.5 Å². The second-order valence-corrected chi connectivity index (χ2v) is 22.0. The van der Waals surface area contributed by atoms with Crippen molar-refractivity contribution in [2.45, 2.75) is 107 Å². The summed E-state index contributed by atoms with van der Waals surface area (Å²) in [4.78, 5) is 48.2. The molecule has 16 nitrogen and oxygen atoms in total. The molecule has 0 unspecified atom stereocenters. The Morgan fingerprint density at radius 3 is 1.63 bits per heavy atom. The molecule has 5 heterocycles. The van der Waals surface area contributed by atoms with E-state index in [9.17, 15) is 17.6 Å². The van der Waals surface area contributed by atoms with E-state index < -0.39 is 51.6 Å². The number of anilines is 3. The zero-order valence-electron chi connectivity index (χ0n) is 43.2. The summed E-state index contributed by atoms with van der Waals surface area (Å²) in [7, 11) is 1.22. The topological polar surface area (TPSA) is 169 Å². The van der Waals surface area contributed by atoms with Crippen LogP contribution in [0, 0.1) is 11.8 Å². The van der Waals surface area contributed by atoms with Gasteiger partial charge in [0.05, 0.1) is 45.3 Å². The van der Waals surface area contributed by atoms with E-state index in [1.165, 1.54) is 45.0 Å². The number of nitrogens with one attached hydrogen (secondary N) is 1. The highest BCUT2D eigenvalue weighted by Crippen LogP contribution is 2.38. The van der Waals surface area contributed by atoms with E-state index in [4.69, 9.17) is 28.9 Å². The molecule has 406 valence electrons. The quantitative estimate of drug-likeness (QED) is 0.0614. The first-order valence-corrected chi connectivity index (χ1v) is 27.2. The predicted molar refractivity (Wildman–Crippen MR) is 277 cm³/mol. The summed E-state index contributed by atoms with van der Waals surface area (Å²) in [5.74, 6) is -4.79. The number of ether oxygens (including phenoxy) is 4. The van der Waals surface area contributed by atoms with Gasteiger partial charge in [-0.3, -0.25) is 15.0 Å². The molecule has 2 saturated carbocycles. The van der Waals surface area contributed by atoms with Gasteiger partial charge < -0.3 is 28.7 Å². The smallest absolute Gasteiger partial charge is 0.280 e. The first-order valence-electron chi connectivity index (χ1n) is 25.8. The fraction of sp³-hybridized carbons (Fsp3) is 0.473. The second kappa shape index (κ2) is 22.8. The van der Waals surface area contributed by atoms with Crippen LogP contribution in [0.25, 0.3) is 0 Å². The van der Waals surface area contributed by atoms with Crippen molar-refractivity contribution in [3.63, 3.8) is 0 Å². The molecule has 4 fully saturated rings. The lowest BCUT2D eigenvalue weighted by Gasteiger charge is -2.29. The molecule has 0 radical (unpaired) electrons. The fourth-order valence-corrected chi connectivity index (χ4v) is 11.1. The summed E-state index contributed by atoms with van der Waals surface area (Å²) in [6.07, 6.45) is 5.19. The third kappa shape index (κ3) is 12.9. The third-order valence-electron chi connectivity index (χ3n) is 14.4. The van der Waals surface area contributed by atoms with Gasteiger partial charge in [-0.15, -0.1) is 0 Å². The number of pyridine rings is 3. The van der Waals surface area contributed by atoms with Crippen LogP contribution in [0.5, 0.6) is 23.0 Å². The summed E-state index contributed by atoms with van der Waals surface area (Å²) in [5, 5.41) is 0.389. The standard InChI is InChI=1S/C55H64F4N8O8S/c1-72-43-15-11-38(47(32-43)74-3)34-66(35-39-12-16-44(73-2)33-48(39)75-4)76(70,71)49-31-42(19-24-60-49)67(53(69)46-18-14-41(30-37-9-10-37)62-51(46)65-26-6-21-55(58,59)23-28-65)63-52(68)45-17-13-40(29-36-7-8-36)61-50(45)64-25-5-20-54(56,57)22-27-64/h11-19,24,31-33,36-37H,5-10,20-23,25-30,34-35H2,1-4H3,(H,63,68). The Labute approximate surface area is 440 Å². The van der Waals surface area contributed by atoms with Crippen molar-refractivity contribution in [2.75, 3.05) is 69.4 Å². The van der Waals surface area contributed by atoms with Crippen LogP contribution >= 0.6 is 0 Å². The molecule has 9 rings (SSSR count). The molecular weight excluding hydrogens is 1010 g/mol. The summed E-state index contributed by atoms with van der Waals surface area (Å²) in [6, 6.07) is 19.0. The number of halogens is 4. The minimum absolute atomic E-state index is 0.00889. The number of sulfonamides is 1. The Morgan fingerprint density at radius 2 is 1.14 bits per heavy atom. The summed E-state index contributed by atoms with van der Waals surface area (Å²) < 4.78 is 113. The van der Waals surface area contributed by atoms with Crippen molar-refractivity contribution < 1.29 is 54.5 Å². The molecule has 5 aromatic rings. The van der Waals surface area contributed by atoms with Crippen molar-refractivity contribution in [3.8, 4) is 23.0 Å². The van der Waals surface area contributed by atoms with E-state index in [0.717, 1.165) is 36.8 Å².